The summed E-state index contributed by atoms with van der Waals surface area (Å²) in [5.74, 6) is -2.80. The molecule has 1 heterocycles. The van der Waals surface area contributed by atoms with Crippen LogP contribution in [0.4, 0.5) is 9.59 Å². The van der Waals surface area contributed by atoms with Gasteiger partial charge in [-0.25, -0.2) is 19.1 Å². The van der Waals surface area contributed by atoms with Gasteiger partial charge in [-0.15, -0.1) is 0 Å². The topological polar surface area (TPSA) is 226 Å². The maximum atomic E-state index is 14.4. The average Bonchev–Trinajstić information content (AvgIpc) is 3.55. The van der Waals surface area contributed by atoms with E-state index in [4.69, 9.17) is 4.74 Å². The molecule has 5 atom stereocenters. The van der Waals surface area contributed by atoms with Crippen molar-refractivity contribution in [2.75, 3.05) is 19.6 Å². The van der Waals surface area contributed by atoms with Gasteiger partial charge in [0.2, 0.25) is 11.8 Å². The van der Waals surface area contributed by atoms with E-state index in [1.165, 1.54) is 16.3 Å². The Labute approximate surface area is 325 Å². The number of hydrogen-bond donors (Lipinski definition) is 6. The number of rotatable bonds is 18. The third kappa shape index (κ3) is 14.7. The van der Waals surface area contributed by atoms with Crippen LogP contribution in [0.15, 0.2) is 43.0 Å². The number of ether oxygens (including phenoxy) is 1. The van der Waals surface area contributed by atoms with Crippen molar-refractivity contribution in [2.45, 2.75) is 112 Å². The first-order chi connectivity index (χ1) is 25.5. The quantitative estimate of drug-likeness (QED) is 0.0942. The van der Waals surface area contributed by atoms with Crippen LogP contribution in [0.5, 0.6) is 0 Å². The van der Waals surface area contributed by atoms with Crippen molar-refractivity contribution in [2.24, 2.45) is 22.7 Å². The molecule has 308 valence electrons. The molecule has 16 nitrogen and oxygen atoms in total. The molecule has 1 fully saturated rings. The van der Waals surface area contributed by atoms with Gasteiger partial charge in [0.05, 0.1) is 0 Å². The Kier molecular flexibility index (Phi) is 17.5. The summed E-state index contributed by atoms with van der Waals surface area (Å²) in [6.07, 6.45) is 1.56. The average molecular weight is 793 g/mol. The number of nitrogens with zero attached hydrogens (tertiary/aromatic N) is 1. The molecule has 17 heteroatoms. The first-order valence-electron chi connectivity index (χ1n) is 18.7. The van der Waals surface area contributed by atoms with Crippen LogP contribution in [0.2, 0.25) is 0 Å². The number of nitrogens with two attached hydrogens (primary N) is 1. The molecule has 55 heavy (non-hydrogen) atoms. The van der Waals surface area contributed by atoms with Gasteiger partial charge in [0.1, 0.15) is 31.3 Å². The lowest BCUT2D eigenvalue weighted by Gasteiger charge is -2.38. The molecule has 0 aliphatic carbocycles. The molecule has 0 saturated carbocycles. The van der Waals surface area contributed by atoms with Gasteiger partial charge < -0.3 is 25.6 Å². The molecule has 1 aliphatic rings. The summed E-state index contributed by atoms with van der Waals surface area (Å²) in [5, 5.41) is 9.51. The third-order valence-corrected chi connectivity index (χ3v) is 10.4. The first-order valence-corrected chi connectivity index (χ1v) is 20.2. The van der Waals surface area contributed by atoms with Gasteiger partial charge >= 0.3 is 28.2 Å². The molecule has 0 bridgehead atoms. The maximum Gasteiger partial charge on any atom is 0.422 e. The Bertz CT molecular complexity index is 1620. The van der Waals surface area contributed by atoms with Crippen molar-refractivity contribution in [3.05, 3.63) is 48.6 Å². The van der Waals surface area contributed by atoms with Crippen molar-refractivity contribution in [3.8, 4) is 0 Å². The number of urea groups is 1. The molecule has 1 saturated heterocycles. The van der Waals surface area contributed by atoms with Crippen molar-refractivity contribution in [1.82, 2.24) is 30.3 Å². The molecule has 7 N–H and O–H groups in total. The highest BCUT2D eigenvalue weighted by Crippen LogP contribution is 2.33. The number of carbonyl (C=O) groups is 6. The summed E-state index contributed by atoms with van der Waals surface area (Å²) in [6.45, 7) is 19.9. The monoisotopic (exact) mass is 792 g/mol. The van der Waals surface area contributed by atoms with Crippen LogP contribution in [0.1, 0.15) is 87.1 Å². The highest BCUT2D eigenvalue weighted by atomic mass is 32.2. The van der Waals surface area contributed by atoms with Crippen LogP contribution in [0.3, 0.4) is 0 Å². The molecule has 1 aliphatic heterocycles. The van der Waals surface area contributed by atoms with Crippen LogP contribution < -0.4 is 30.7 Å². The highest BCUT2D eigenvalue weighted by molar-refractivity contribution is 7.88. The number of primary amides is 1. The van der Waals surface area contributed by atoms with E-state index in [9.17, 15) is 37.2 Å². The summed E-state index contributed by atoms with van der Waals surface area (Å²) in [6, 6.07) is 3.98. The van der Waals surface area contributed by atoms with Gasteiger partial charge in [0.15, 0.2) is 0 Å². The molecule has 1 unspecified atom stereocenters. The van der Waals surface area contributed by atoms with E-state index in [1.807, 2.05) is 20.8 Å². The largest absolute Gasteiger partial charge is 0.444 e. The Morgan fingerprint density at radius 1 is 0.982 bits per heavy atom. The minimum Gasteiger partial charge on any atom is -0.444 e. The van der Waals surface area contributed by atoms with E-state index in [-0.39, 0.29) is 44.5 Å². The maximum absolute atomic E-state index is 14.4. The lowest BCUT2D eigenvalue weighted by molar-refractivity contribution is -0.553. The Balaban J connectivity index is 2.22. The second-order valence-corrected chi connectivity index (χ2v) is 17.8. The third-order valence-electron chi connectivity index (χ3n) is 9.42. The van der Waals surface area contributed by atoms with Gasteiger partial charge in [0.25, 0.3) is 5.78 Å². The molecule has 0 radical (unpaired) electrons. The van der Waals surface area contributed by atoms with E-state index < -0.39 is 80.8 Å². The van der Waals surface area contributed by atoms with Gasteiger partial charge in [-0.3, -0.25) is 19.7 Å². The van der Waals surface area contributed by atoms with Crippen LogP contribution >= 0.6 is 0 Å². The van der Waals surface area contributed by atoms with Crippen molar-refractivity contribution < 1.29 is 47.2 Å². The van der Waals surface area contributed by atoms with E-state index >= 15 is 0 Å². The summed E-state index contributed by atoms with van der Waals surface area (Å²) < 4.78 is 34.5. The zero-order valence-corrected chi connectivity index (χ0v) is 34.5. The number of Topliss-reactive ketones (excluding diaryl/α,β-unsaturated/α-hetero) is 1. The summed E-state index contributed by atoms with van der Waals surface area (Å²) in [5.41, 5.74) is -0.877. The van der Waals surface area contributed by atoms with E-state index in [2.05, 4.69) is 27.3 Å². The first kappa shape index (κ1) is 46.8. The lowest BCUT2D eigenvalue weighted by atomic mass is 9.84. The minimum absolute atomic E-state index is 0.0164. The van der Waals surface area contributed by atoms with Crippen molar-refractivity contribution in [1.29, 1.82) is 0 Å². The number of amides is 6. The van der Waals surface area contributed by atoms with Crippen molar-refractivity contribution >= 4 is 45.8 Å². The Morgan fingerprint density at radius 3 is 2.16 bits per heavy atom. The predicted octanol–water partition coefficient (Wildman–Crippen LogP) is 1.88. The zero-order chi connectivity index (χ0) is 41.7. The number of carbonyl (C=O) groups excluding carboxylic acids is 6. The lowest BCUT2D eigenvalue weighted by Crippen LogP contribution is -2.90. The van der Waals surface area contributed by atoms with E-state index in [0.29, 0.717) is 18.4 Å². The summed E-state index contributed by atoms with van der Waals surface area (Å²) in [7, 11) is -4.39. The SMILES string of the molecule is C=CC[NH2+]C(=O)C(=O)C(CCC)NC(=O)[C@@H]1[C@@H](C(C)C)CCN1C(=O)[C@@H](NC(=O)N[C@H](CNS(=O)(=O)NC(=O)OCc1ccccc1)C(C)(C)C)C(C)(C)C. The minimum atomic E-state index is -4.39. The Hall–Kier alpha value is -4.35. The molecule has 0 aromatic heterocycles. The smallest absolute Gasteiger partial charge is 0.422 e. The molecule has 1 aromatic carbocycles. The molecule has 1 aromatic rings. The number of likely N-dealkylation sites (tertiary alicyclic amines) is 1. The Morgan fingerprint density at radius 2 is 1.62 bits per heavy atom. The van der Waals surface area contributed by atoms with Gasteiger partial charge in [-0.2, -0.15) is 13.1 Å². The number of benzene rings is 1. The second kappa shape index (κ2) is 20.5. The fourth-order valence-electron chi connectivity index (χ4n) is 6.19. The fraction of sp³-hybridized carbons (Fsp3) is 0.632. The standard InChI is InChI=1S/C38H61N7O9S/c1-11-16-27(30(46)33(48)39-20-12-2)41-32(47)29-26(24(3)4)19-21-45(29)34(49)31(38(8,9)10)43-35(50)42-28(37(5,6)7)22-40-55(52,53)44-36(51)54-23-25-17-14-13-15-18-25/h12-15,17-18,24,26-29,31,40H,2,11,16,19-23H2,1,3-10H3,(H,39,48)(H,41,47)(H,44,51)(H2,42,43,50)/p+1/t26-,27?,28-,29+,31-/m1/s1. The predicted molar refractivity (Wildman–Crippen MR) is 207 cm³/mol. The van der Waals surface area contributed by atoms with Crippen LogP contribution in [-0.2, 0) is 40.7 Å². The zero-order valence-electron chi connectivity index (χ0n) is 33.7. The molecule has 2 rings (SSSR count). The number of ketones is 1. The summed E-state index contributed by atoms with van der Waals surface area (Å²) >= 11 is 0. The van der Waals surface area contributed by atoms with Crippen LogP contribution in [0, 0.1) is 22.7 Å². The van der Waals surface area contributed by atoms with E-state index in [0.717, 1.165) is 0 Å². The number of quaternary nitrogens is 1. The van der Waals surface area contributed by atoms with Gasteiger partial charge in [-0.1, -0.05) is 106 Å². The van der Waals surface area contributed by atoms with E-state index in [1.54, 1.807) is 76.6 Å². The van der Waals surface area contributed by atoms with Crippen LogP contribution in [-0.4, -0.2) is 92.7 Å². The molecule has 6 amide bonds. The summed E-state index contributed by atoms with van der Waals surface area (Å²) in [4.78, 5) is 81.2. The number of nitrogens with one attached hydrogen (secondary N) is 5. The van der Waals surface area contributed by atoms with Crippen molar-refractivity contribution in [3.63, 3.8) is 0 Å². The second-order valence-electron chi connectivity index (χ2n) is 16.3. The highest BCUT2D eigenvalue weighted by Gasteiger charge is 2.48. The molecule has 0 spiro atoms. The van der Waals surface area contributed by atoms with Crippen LogP contribution in [0.25, 0.3) is 0 Å². The molecular formula is C38H62N7O9S+. The van der Waals surface area contributed by atoms with Gasteiger partial charge in [0, 0.05) is 19.1 Å². The normalized spacial score (nSPS) is 17.7. The fourth-order valence-corrected chi connectivity index (χ4v) is 6.92. The molecular weight excluding hydrogens is 731 g/mol. The number of hydrogen-bond acceptors (Lipinski definition) is 9. The van der Waals surface area contributed by atoms with Gasteiger partial charge in [-0.05, 0) is 47.1 Å².